The summed E-state index contributed by atoms with van der Waals surface area (Å²) in [6, 6.07) is 0.624. The van der Waals surface area contributed by atoms with Gasteiger partial charge in [0.15, 0.2) is 0 Å². The predicted octanol–water partition coefficient (Wildman–Crippen LogP) is 5.70. The van der Waals surface area contributed by atoms with E-state index in [0.29, 0.717) is 6.04 Å². The maximum atomic E-state index is 3.87. The van der Waals surface area contributed by atoms with Gasteiger partial charge in [0.05, 0.1) is 0 Å². The molecule has 2 nitrogen and oxygen atoms in total. The molecule has 1 N–H and O–H groups in total. The van der Waals surface area contributed by atoms with Crippen LogP contribution in [0.3, 0.4) is 0 Å². The number of piperidine rings is 1. The summed E-state index contributed by atoms with van der Waals surface area (Å²) in [4.78, 5) is 2.68. The van der Waals surface area contributed by atoms with Crippen LogP contribution in [0.15, 0.2) is 23.9 Å². The van der Waals surface area contributed by atoms with E-state index in [0.717, 1.165) is 26.1 Å². The molecule has 3 heteroatoms. The van der Waals surface area contributed by atoms with Crippen LogP contribution in [0.4, 0.5) is 0 Å². The average molecular weight is 389 g/mol. The third-order valence-corrected chi connectivity index (χ3v) is 9.03. The number of hydrogen-bond donors (Lipinski definition) is 1. The number of hydrogen-bond acceptors (Lipinski definition) is 2. The largest absolute Gasteiger partial charge is 0.372 e. The minimum atomic E-state index is 0.624. The van der Waals surface area contributed by atoms with Crippen molar-refractivity contribution >= 4 is 8.58 Å². The first-order chi connectivity index (χ1) is 13.4. The molecule has 2 aliphatic heterocycles. The Labute approximate surface area is 169 Å². The normalized spacial score (nSPS) is 38.0. The van der Waals surface area contributed by atoms with Gasteiger partial charge < -0.3 is 10.2 Å². The molecule has 0 bridgehead atoms. The maximum Gasteiger partial charge on any atom is 0.0338 e. The van der Waals surface area contributed by atoms with Crippen LogP contribution in [-0.2, 0) is 0 Å². The monoisotopic (exact) mass is 388 g/mol. The zero-order valence-electron chi connectivity index (χ0n) is 17.3. The fourth-order valence-corrected chi connectivity index (χ4v) is 7.39. The summed E-state index contributed by atoms with van der Waals surface area (Å²) in [6.45, 7) is 3.76. The van der Waals surface area contributed by atoms with Gasteiger partial charge in [0, 0.05) is 24.8 Å². The lowest BCUT2D eigenvalue weighted by Crippen LogP contribution is -2.44. The predicted molar refractivity (Wildman–Crippen MR) is 120 cm³/mol. The number of allylic oxidation sites excluding steroid dienone is 2. The van der Waals surface area contributed by atoms with Crippen LogP contribution < -0.4 is 5.32 Å². The smallest absolute Gasteiger partial charge is 0.0338 e. The standard InChI is InChI=1S/C24H41N2P/c1-2-5-9-20(10-6-3-1)17-21-11-12-22(26-14-7-4-8-15-26)19-23-24(18-21)27-16-13-25-23/h11-12,19-21,23-25,27H,1-10,13-18H2/b12-11+,22-19+. The highest BCUT2D eigenvalue weighted by Crippen LogP contribution is 2.38. The van der Waals surface area contributed by atoms with E-state index in [1.165, 1.54) is 109 Å². The van der Waals surface area contributed by atoms with Crippen LogP contribution in [0, 0.1) is 11.8 Å². The SMILES string of the molecule is C1=C/C(CC2CCCCCCC2)CC2PCCNC2\C=C/1N1CCCCC1. The van der Waals surface area contributed by atoms with Crippen molar-refractivity contribution in [2.45, 2.75) is 88.8 Å². The molecule has 2 aliphatic carbocycles. The van der Waals surface area contributed by atoms with E-state index in [1.54, 1.807) is 0 Å². The number of nitrogens with zero attached hydrogens (tertiary/aromatic N) is 1. The van der Waals surface area contributed by atoms with Gasteiger partial charge >= 0.3 is 0 Å². The summed E-state index contributed by atoms with van der Waals surface area (Å²) in [5.41, 5.74) is 2.41. The summed E-state index contributed by atoms with van der Waals surface area (Å²) in [5, 5.41) is 3.87. The molecule has 1 saturated carbocycles. The molecule has 4 rings (SSSR count). The molecule has 0 radical (unpaired) electrons. The van der Waals surface area contributed by atoms with Crippen molar-refractivity contribution in [3.05, 3.63) is 23.9 Å². The van der Waals surface area contributed by atoms with Gasteiger partial charge in [-0.05, 0) is 74.5 Å². The van der Waals surface area contributed by atoms with E-state index in [-0.39, 0.29) is 0 Å². The summed E-state index contributed by atoms with van der Waals surface area (Å²) < 4.78 is 0. The van der Waals surface area contributed by atoms with E-state index in [4.69, 9.17) is 0 Å². The molecule has 4 atom stereocenters. The first-order valence-corrected chi connectivity index (χ1v) is 13.3. The highest BCUT2D eigenvalue weighted by molar-refractivity contribution is 7.39. The molecular formula is C24H41N2P. The highest BCUT2D eigenvalue weighted by Gasteiger charge is 2.29. The van der Waals surface area contributed by atoms with E-state index >= 15 is 0 Å². The lowest BCUT2D eigenvalue weighted by atomic mass is 9.81. The Balaban J connectivity index is 1.47. The van der Waals surface area contributed by atoms with Crippen LogP contribution >= 0.6 is 8.58 Å². The second-order valence-corrected chi connectivity index (χ2v) is 11.1. The van der Waals surface area contributed by atoms with Gasteiger partial charge in [-0.15, -0.1) is 8.58 Å². The second-order valence-electron chi connectivity index (χ2n) is 9.48. The van der Waals surface area contributed by atoms with Gasteiger partial charge in [-0.25, -0.2) is 0 Å². The van der Waals surface area contributed by atoms with Crippen molar-refractivity contribution < 1.29 is 0 Å². The van der Waals surface area contributed by atoms with Gasteiger partial charge in [-0.3, -0.25) is 0 Å². The maximum absolute atomic E-state index is 3.87. The third-order valence-electron chi connectivity index (χ3n) is 7.37. The molecule has 27 heavy (non-hydrogen) atoms. The Hall–Kier alpha value is -0.330. The first kappa shape index (κ1) is 20.0. The van der Waals surface area contributed by atoms with Gasteiger partial charge in [-0.2, -0.15) is 0 Å². The Kier molecular flexibility index (Phi) is 7.72. The highest BCUT2D eigenvalue weighted by atomic mass is 31.1. The van der Waals surface area contributed by atoms with E-state index in [2.05, 4.69) is 28.4 Å². The lowest BCUT2D eigenvalue weighted by Gasteiger charge is -2.38. The number of likely N-dealkylation sites (tertiary alicyclic amines) is 1. The molecule has 2 saturated heterocycles. The fourth-order valence-electron chi connectivity index (χ4n) is 5.79. The topological polar surface area (TPSA) is 15.3 Å². The minimum absolute atomic E-state index is 0.624. The molecule has 0 aromatic carbocycles. The molecule has 4 aliphatic rings. The molecule has 0 aromatic heterocycles. The van der Waals surface area contributed by atoms with E-state index < -0.39 is 0 Å². The number of fused-ring (bicyclic) bond motifs is 1. The van der Waals surface area contributed by atoms with Gasteiger partial charge in [-0.1, -0.05) is 51.0 Å². The molecule has 152 valence electrons. The van der Waals surface area contributed by atoms with Crippen LogP contribution in [0.25, 0.3) is 0 Å². The summed E-state index contributed by atoms with van der Waals surface area (Å²) >= 11 is 0. The van der Waals surface area contributed by atoms with E-state index in [1.807, 2.05) is 0 Å². The van der Waals surface area contributed by atoms with Gasteiger partial charge in [0.1, 0.15) is 0 Å². The fraction of sp³-hybridized carbons (Fsp3) is 0.833. The summed E-state index contributed by atoms with van der Waals surface area (Å²) in [6.07, 6.45) is 26.6. The molecular weight excluding hydrogens is 347 g/mol. The van der Waals surface area contributed by atoms with Crippen molar-refractivity contribution in [2.75, 3.05) is 25.8 Å². The number of rotatable bonds is 3. The van der Waals surface area contributed by atoms with Crippen LogP contribution in [0.1, 0.15) is 77.0 Å². The Morgan fingerprint density at radius 3 is 2.52 bits per heavy atom. The van der Waals surface area contributed by atoms with Crippen molar-refractivity contribution in [1.29, 1.82) is 0 Å². The Morgan fingerprint density at radius 1 is 0.963 bits per heavy atom. The summed E-state index contributed by atoms with van der Waals surface area (Å²) in [7, 11) is 1.16. The quantitative estimate of drug-likeness (QED) is 0.624. The van der Waals surface area contributed by atoms with Crippen molar-refractivity contribution in [3.63, 3.8) is 0 Å². The Bertz CT molecular complexity index is 501. The van der Waals surface area contributed by atoms with Crippen molar-refractivity contribution in [2.24, 2.45) is 11.8 Å². The summed E-state index contributed by atoms with van der Waals surface area (Å²) in [5.74, 6) is 1.79. The van der Waals surface area contributed by atoms with Crippen LogP contribution in [0.2, 0.25) is 0 Å². The zero-order chi connectivity index (χ0) is 18.3. The molecule has 2 heterocycles. The first-order valence-electron chi connectivity index (χ1n) is 12.0. The van der Waals surface area contributed by atoms with E-state index in [9.17, 15) is 0 Å². The van der Waals surface area contributed by atoms with Crippen molar-refractivity contribution in [1.82, 2.24) is 10.2 Å². The molecule has 0 aromatic rings. The Morgan fingerprint density at radius 2 is 1.70 bits per heavy atom. The minimum Gasteiger partial charge on any atom is -0.372 e. The zero-order valence-corrected chi connectivity index (χ0v) is 18.3. The lowest BCUT2D eigenvalue weighted by molar-refractivity contribution is 0.286. The second kappa shape index (κ2) is 10.4. The average Bonchev–Trinajstić information content (AvgIpc) is 2.66. The van der Waals surface area contributed by atoms with Gasteiger partial charge in [0.25, 0.3) is 0 Å². The molecule has 0 amide bonds. The van der Waals surface area contributed by atoms with Crippen molar-refractivity contribution in [3.8, 4) is 0 Å². The number of nitrogens with one attached hydrogen (secondary N) is 1. The molecule has 4 unspecified atom stereocenters. The molecule has 3 fully saturated rings. The molecule has 0 spiro atoms. The third kappa shape index (κ3) is 5.83. The van der Waals surface area contributed by atoms with Crippen LogP contribution in [-0.4, -0.2) is 42.4 Å². The van der Waals surface area contributed by atoms with Crippen LogP contribution in [0.5, 0.6) is 0 Å². The van der Waals surface area contributed by atoms with Gasteiger partial charge in [0.2, 0.25) is 0 Å².